The lowest BCUT2D eigenvalue weighted by Crippen LogP contribution is -2.10. The average molecular weight is 237 g/mol. The van der Waals surface area contributed by atoms with Crippen LogP contribution in [0.1, 0.15) is 31.1 Å². The number of benzene rings is 1. The van der Waals surface area contributed by atoms with Crippen LogP contribution in [-0.2, 0) is 4.74 Å². The number of esters is 1. The van der Waals surface area contributed by atoms with E-state index in [0.29, 0.717) is 24.5 Å². The second kappa shape index (κ2) is 6.78. The minimum absolute atomic E-state index is 0.351. The van der Waals surface area contributed by atoms with Gasteiger partial charge in [0.2, 0.25) is 0 Å². The first-order chi connectivity index (χ1) is 8.24. The van der Waals surface area contributed by atoms with Gasteiger partial charge in [0.25, 0.3) is 0 Å². The van der Waals surface area contributed by atoms with Gasteiger partial charge < -0.3 is 14.8 Å². The van der Waals surface area contributed by atoms with Crippen LogP contribution in [0.5, 0.6) is 5.75 Å². The molecule has 1 aromatic carbocycles. The van der Waals surface area contributed by atoms with E-state index < -0.39 is 0 Å². The maximum absolute atomic E-state index is 11.8. The molecule has 0 saturated heterocycles. The van der Waals surface area contributed by atoms with Crippen LogP contribution in [0.3, 0.4) is 0 Å². The van der Waals surface area contributed by atoms with E-state index >= 15 is 0 Å². The Morgan fingerprint density at radius 2 is 2.00 bits per heavy atom. The van der Waals surface area contributed by atoms with E-state index in [4.69, 9.17) is 9.47 Å². The number of ether oxygens (including phenoxy) is 2. The summed E-state index contributed by atoms with van der Waals surface area (Å²) in [4.78, 5) is 11.8. The second-order valence-corrected chi connectivity index (χ2v) is 3.37. The van der Waals surface area contributed by atoms with E-state index in [0.717, 1.165) is 12.2 Å². The first-order valence-corrected chi connectivity index (χ1v) is 5.91. The van der Waals surface area contributed by atoms with Crippen LogP contribution in [0.25, 0.3) is 0 Å². The van der Waals surface area contributed by atoms with Crippen LogP contribution in [0.2, 0.25) is 0 Å². The van der Waals surface area contributed by atoms with Gasteiger partial charge in [-0.05, 0) is 32.9 Å². The fraction of sp³-hybridized carbons (Fsp3) is 0.462. The third-order valence-electron chi connectivity index (χ3n) is 2.17. The van der Waals surface area contributed by atoms with Gasteiger partial charge in [-0.3, -0.25) is 0 Å². The number of hydrogen-bond acceptors (Lipinski definition) is 4. The van der Waals surface area contributed by atoms with Gasteiger partial charge >= 0.3 is 5.97 Å². The van der Waals surface area contributed by atoms with Gasteiger partial charge in [0.15, 0.2) is 5.75 Å². The molecular weight excluding hydrogens is 218 g/mol. The zero-order valence-electron chi connectivity index (χ0n) is 10.6. The predicted molar refractivity (Wildman–Crippen MR) is 67.7 cm³/mol. The first-order valence-electron chi connectivity index (χ1n) is 5.91. The van der Waals surface area contributed by atoms with Crippen molar-refractivity contribution in [2.75, 3.05) is 25.1 Å². The van der Waals surface area contributed by atoms with Crippen molar-refractivity contribution in [3.63, 3.8) is 0 Å². The fourth-order valence-electron chi connectivity index (χ4n) is 1.54. The topological polar surface area (TPSA) is 47.6 Å². The lowest BCUT2D eigenvalue weighted by molar-refractivity contribution is 0.0522. The van der Waals surface area contributed by atoms with E-state index in [-0.39, 0.29) is 5.97 Å². The summed E-state index contributed by atoms with van der Waals surface area (Å²) >= 11 is 0. The van der Waals surface area contributed by atoms with Gasteiger partial charge in [0, 0.05) is 6.54 Å². The van der Waals surface area contributed by atoms with Gasteiger partial charge in [-0.25, -0.2) is 4.79 Å². The van der Waals surface area contributed by atoms with E-state index in [9.17, 15) is 4.79 Å². The Morgan fingerprint density at radius 1 is 1.24 bits per heavy atom. The summed E-state index contributed by atoms with van der Waals surface area (Å²) in [6.07, 6.45) is 0. The Balaban J connectivity index is 3.09. The van der Waals surface area contributed by atoms with Crippen molar-refractivity contribution in [2.24, 2.45) is 0 Å². The number of rotatable bonds is 6. The number of anilines is 1. The SMILES string of the molecule is CCNc1cccc(C(=O)OCC)c1OCC. The maximum atomic E-state index is 11.8. The zero-order chi connectivity index (χ0) is 12.7. The third-order valence-corrected chi connectivity index (χ3v) is 2.17. The number of para-hydroxylation sites is 1. The Bertz CT molecular complexity index is 377. The number of hydrogen-bond donors (Lipinski definition) is 1. The minimum Gasteiger partial charge on any atom is -0.491 e. The molecule has 0 heterocycles. The van der Waals surface area contributed by atoms with Gasteiger partial charge in [-0.1, -0.05) is 6.07 Å². The molecule has 1 rings (SSSR count). The normalized spacial score (nSPS) is 9.82. The fourth-order valence-corrected chi connectivity index (χ4v) is 1.54. The summed E-state index contributed by atoms with van der Waals surface area (Å²) in [5, 5.41) is 3.17. The summed E-state index contributed by atoms with van der Waals surface area (Å²) in [5.74, 6) is 0.214. The van der Waals surface area contributed by atoms with Crippen LogP contribution >= 0.6 is 0 Å². The molecule has 0 amide bonds. The van der Waals surface area contributed by atoms with Crippen LogP contribution in [0.15, 0.2) is 18.2 Å². The standard InChI is InChI=1S/C13H19NO3/c1-4-14-11-9-7-8-10(12(11)16-5-2)13(15)17-6-3/h7-9,14H,4-6H2,1-3H3. The van der Waals surface area contributed by atoms with Crippen molar-refractivity contribution in [2.45, 2.75) is 20.8 Å². The molecule has 94 valence electrons. The van der Waals surface area contributed by atoms with Crippen molar-refractivity contribution >= 4 is 11.7 Å². The first kappa shape index (κ1) is 13.4. The van der Waals surface area contributed by atoms with E-state index in [1.165, 1.54) is 0 Å². The lowest BCUT2D eigenvalue weighted by atomic mass is 10.1. The maximum Gasteiger partial charge on any atom is 0.341 e. The Hall–Kier alpha value is -1.71. The molecular formula is C13H19NO3. The number of nitrogens with one attached hydrogen (secondary N) is 1. The molecule has 1 aromatic rings. The van der Waals surface area contributed by atoms with Gasteiger partial charge in [-0.2, -0.15) is 0 Å². The Labute approximate surface area is 102 Å². The molecule has 0 aliphatic heterocycles. The summed E-state index contributed by atoms with van der Waals surface area (Å²) < 4.78 is 10.5. The molecule has 0 bridgehead atoms. The Kier molecular flexibility index (Phi) is 5.33. The summed E-state index contributed by atoms with van der Waals surface area (Å²) in [6, 6.07) is 5.41. The van der Waals surface area contributed by atoms with Crippen LogP contribution in [0, 0.1) is 0 Å². The third kappa shape index (κ3) is 3.37. The lowest BCUT2D eigenvalue weighted by Gasteiger charge is -2.14. The average Bonchev–Trinajstić information content (AvgIpc) is 2.32. The quantitative estimate of drug-likeness (QED) is 0.773. The molecule has 0 saturated carbocycles. The van der Waals surface area contributed by atoms with Gasteiger partial charge in [-0.15, -0.1) is 0 Å². The molecule has 0 radical (unpaired) electrons. The molecule has 0 aliphatic carbocycles. The monoisotopic (exact) mass is 237 g/mol. The zero-order valence-corrected chi connectivity index (χ0v) is 10.6. The summed E-state index contributed by atoms with van der Waals surface area (Å²) in [6.45, 7) is 7.30. The van der Waals surface area contributed by atoms with E-state index in [2.05, 4.69) is 5.32 Å². The molecule has 17 heavy (non-hydrogen) atoms. The molecule has 4 nitrogen and oxygen atoms in total. The van der Waals surface area contributed by atoms with Crippen molar-refractivity contribution in [3.05, 3.63) is 23.8 Å². The van der Waals surface area contributed by atoms with Crippen molar-refractivity contribution in [3.8, 4) is 5.75 Å². The van der Waals surface area contributed by atoms with Crippen LogP contribution in [0.4, 0.5) is 5.69 Å². The highest BCUT2D eigenvalue weighted by molar-refractivity contribution is 5.94. The van der Waals surface area contributed by atoms with E-state index in [1.54, 1.807) is 13.0 Å². The predicted octanol–water partition coefficient (Wildman–Crippen LogP) is 2.69. The highest BCUT2D eigenvalue weighted by atomic mass is 16.5. The summed E-state index contributed by atoms with van der Waals surface area (Å²) in [5.41, 5.74) is 1.28. The summed E-state index contributed by atoms with van der Waals surface area (Å²) in [7, 11) is 0. The number of carbonyl (C=O) groups is 1. The van der Waals surface area contributed by atoms with Crippen molar-refractivity contribution in [1.82, 2.24) is 0 Å². The molecule has 4 heteroatoms. The molecule has 0 fully saturated rings. The molecule has 0 spiro atoms. The Morgan fingerprint density at radius 3 is 2.59 bits per heavy atom. The van der Waals surface area contributed by atoms with Crippen molar-refractivity contribution < 1.29 is 14.3 Å². The minimum atomic E-state index is -0.351. The molecule has 0 aromatic heterocycles. The van der Waals surface area contributed by atoms with Crippen LogP contribution < -0.4 is 10.1 Å². The molecule has 0 aliphatic rings. The second-order valence-electron chi connectivity index (χ2n) is 3.37. The van der Waals surface area contributed by atoms with Gasteiger partial charge in [0.1, 0.15) is 5.56 Å². The molecule has 0 unspecified atom stereocenters. The number of carbonyl (C=O) groups excluding carboxylic acids is 1. The van der Waals surface area contributed by atoms with E-state index in [1.807, 2.05) is 26.0 Å². The van der Waals surface area contributed by atoms with Gasteiger partial charge in [0.05, 0.1) is 18.9 Å². The van der Waals surface area contributed by atoms with Crippen molar-refractivity contribution in [1.29, 1.82) is 0 Å². The molecule has 0 atom stereocenters. The molecule has 1 N–H and O–H groups in total. The largest absolute Gasteiger partial charge is 0.491 e. The van der Waals surface area contributed by atoms with Crippen LogP contribution in [-0.4, -0.2) is 25.7 Å². The smallest absolute Gasteiger partial charge is 0.341 e. The highest BCUT2D eigenvalue weighted by Crippen LogP contribution is 2.29. The highest BCUT2D eigenvalue weighted by Gasteiger charge is 2.16.